The van der Waals surface area contributed by atoms with Gasteiger partial charge in [0.05, 0.1) is 0 Å². The molecule has 0 bridgehead atoms. The van der Waals surface area contributed by atoms with Crippen LogP contribution >= 0.6 is 22.6 Å². The number of nitrogens with one attached hydrogen (secondary N) is 1. The fourth-order valence-electron chi connectivity index (χ4n) is 1.56. The maximum atomic E-state index is 11.3. The van der Waals surface area contributed by atoms with Crippen LogP contribution in [0.15, 0.2) is 4.79 Å². The Labute approximate surface area is 94.9 Å². The zero-order valence-corrected chi connectivity index (χ0v) is 9.74. The van der Waals surface area contributed by atoms with E-state index in [1.807, 2.05) is 0 Å². The third-order valence-corrected chi connectivity index (χ3v) is 3.57. The summed E-state index contributed by atoms with van der Waals surface area (Å²) in [5.74, 6) is 1.10. The van der Waals surface area contributed by atoms with Gasteiger partial charge in [0.2, 0.25) is 5.88 Å². The van der Waals surface area contributed by atoms with Gasteiger partial charge in [0.15, 0.2) is 0 Å². The van der Waals surface area contributed by atoms with Gasteiger partial charge in [-0.25, -0.2) is 0 Å². The first-order valence-electron chi connectivity index (χ1n) is 4.64. The first-order valence-corrected chi connectivity index (χ1v) is 5.72. The fraction of sp³-hybridized carbons (Fsp3) is 0.556. The van der Waals surface area contributed by atoms with Gasteiger partial charge in [-0.3, -0.25) is 4.79 Å². The Balaban J connectivity index is 2.21. The summed E-state index contributed by atoms with van der Waals surface area (Å²) in [5.41, 5.74) is -0.243. The molecule has 1 aromatic rings. The standard InChI is InChI=1S/C9H11IN2O2/c10-7-8(13)11-6(12-9(7)14)4-5-2-1-3-5/h5H,1-4H2,(H2,11,12,13,14). The molecule has 0 amide bonds. The summed E-state index contributed by atoms with van der Waals surface area (Å²) in [6.45, 7) is 0. The molecule has 5 heteroatoms. The number of aromatic amines is 1. The van der Waals surface area contributed by atoms with Gasteiger partial charge in [-0.15, -0.1) is 0 Å². The van der Waals surface area contributed by atoms with Gasteiger partial charge in [-0.2, -0.15) is 4.98 Å². The summed E-state index contributed by atoms with van der Waals surface area (Å²) in [6.07, 6.45) is 4.46. The molecule has 1 aromatic heterocycles. The van der Waals surface area contributed by atoms with E-state index in [0.717, 1.165) is 6.42 Å². The van der Waals surface area contributed by atoms with Gasteiger partial charge >= 0.3 is 0 Å². The van der Waals surface area contributed by atoms with Crippen molar-refractivity contribution in [3.05, 3.63) is 19.7 Å². The van der Waals surface area contributed by atoms with Crippen molar-refractivity contribution < 1.29 is 5.11 Å². The summed E-state index contributed by atoms with van der Waals surface area (Å²) >= 11 is 1.79. The predicted octanol–water partition coefficient (Wildman–Crippen LogP) is 1.42. The summed E-state index contributed by atoms with van der Waals surface area (Å²) in [4.78, 5) is 17.9. The lowest BCUT2D eigenvalue weighted by atomic mass is 9.83. The molecule has 2 N–H and O–H groups in total. The average molecular weight is 306 g/mol. The second-order valence-corrected chi connectivity index (χ2v) is 4.73. The normalized spacial score (nSPS) is 16.6. The highest BCUT2D eigenvalue weighted by Crippen LogP contribution is 2.28. The van der Waals surface area contributed by atoms with Crippen molar-refractivity contribution in [1.82, 2.24) is 9.97 Å². The lowest BCUT2D eigenvalue weighted by molar-refractivity contribution is 0.307. The molecule has 0 saturated heterocycles. The Kier molecular flexibility index (Phi) is 2.76. The van der Waals surface area contributed by atoms with Crippen LogP contribution in [-0.2, 0) is 6.42 Å². The third-order valence-electron chi connectivity index (χ3n) is 2.60. The molecular formula is C9H11IN2O2. The Hall–Kier alpha value is -0.590. The van der Waals surface area contributed by atoms with Crippen LogP contribution < -0.4 is 5.56 Å². The molecular weight excluding hydrogens is 295 g/mol. The van der Waals surface area contributed by atoms with Gasteiger partial charge in [0.25, 0.3) is 5.56 Å². The largest absolute Gasteiger partial charge is 0.492 e. The number of nitrogens with zero attached hydrogens (tertiary/aromatic N) is 1. The number of hydrogen-bond acceptors (Lipinski definition) is 3. The first-order chi connectivity index (χ1) is 6.66. The van der Waals surface area contributed by atoms with Crippen molar-refractivity contribution in [2.75, 3.05) is 0 Å². The van der Waals surface area contributed by atoms with E-state index < -0.39 is 0 Å². The topological polar surface area (TPSA) is 66.0 Å². The van der Waals surface area contributed by atoms with Crippen molar-refractivity contribution >= 4 is 22.6 Å². The molecule has 2 rings (SSSR count). The molecule has 0 atom stereocenters. The van der Waals surface area contributed by atoms with Gasteiger partial charge in [0.1, 0.15) is 9.39 Å². The van der Waals surface area contributed by atoms with Crippen LogP contribution in [0.4, 0.5) is 0 Å². The molecule has 0 radical (unpaired) electrons. The Morgan fingerprint density at radius 3 is 2.79 bits per heavy atom. The van der Waals surface area contributed by atoms with Crippen molar-refractivity contribution in [1.29, 1.82) is 0 Å². The molecule has 1 aliphatic rings. The summed E-state index contributed by atoms with van der Waals surface area (Å²) < 4.78 is 0.264. The number of aromatic nitrogens is 2. The van der Waals surface area contributed by atoms with Crippen molar-refractivity contribution in [3.63, 3.8) is 0 Å². The Morgan fingerprint density at radius 1 is 1.57 bits per heavy atom. The van der Waals surface area contributed by atoms with Crippen LogP contribution in [0.1, 0.15) is 25.1 Å². The first kappa shape index (κ1) is 9.95. The molecule has 1 heterocycles. The number of halogens is 1. The van der Waals surface area contributed by atoms with Crippen LogP contribution in [0.5, 0.6) is 5.88 Å². The molecule has 4 nitrogen and oxygen atoms in total. The molecule has 1 fully saturated rings. The maximum Gasteiger partial charge on any atom is 0.268 e. The molecule has 0 unspecified atom stereocenters. The van der Waals surface area contributed by atoms with Crippen molar-refractivity contribution in [3.8, 4) is 5.88 Å². The van der Waals surface area contributed by atoms with Crippen LogP contribution in [0.25, 0.3) is 0 Å². The van der Waals surface area contributed by atoms with E-state index >= 15 is 0 Å². The minimum absolute atomic E-state index is 0.149. The third kappa shape index (κ3) is 1.92. The van der Waals surface area contributed by atoms with Crippen LogP contribution in [0.3, 0.4) is 0 Å². The number of H-pyrrole nitrogens is 1. The van der Waals surface area contributed by atoms with E-state index in [-0.39, 0.29) is 15.0 Å². The number of rotatable bonds is 2. The average Bonchev–Trinajstić information content (AvgIpc) is 2.07. The van der Waals surface area contributed by atoms with E-state index in [2.05, 4.69) is 9.97 Å². The minimum atomic E-state index is -0.243. The molecule has 0 spiro atoms. The maximum absolute atomic E-state index is 11.3. The molecule has 14 heavy (non-hydrogen) atoms. The smallest absolute Gasteiger partial charge is 0.268 e. The van der Waals surface area contributed by atoms with E-state index in [4.69, 9.17) is 0 Å². The van der Waals surface area contributed by atoms with E-state index in [9.17, 15) is 9.90 Å². The molecule has 76 valence electrons. The van der Waals surface area contributed by atoms with E-state index in [0.29, 0.717) is 11.7 Å². The van der Waals surface area contributed by atoms with Crippen molar-refractivity contribution in [2.24, 2.45) is 5.92 Å². The summed E-state index contributed by atoms with van der Waals surface area (Å²) in [5, 5.41) is 9.35. The van der Waals surface area contributed by atoms with Gasteiger partial charge in [-0.1, -0.05) is 19.3 Å². The highest BCUT2D eigenvalue weighted by Gasteiger charge is 2.19. The van der Waals surface area contributed by atoms with Gasteiger partial charge in [-0.05, 0) is 28.5 Å². The summed E-state index contributed by atoms with van der Waals surface area (Å²) in [7, 11) is 0. The summed E-state index contributed by atoms with van der Waals surface area (Å²) in [6, 6.07) is 0. The number of hydrogen-bond donors (Lipinski definition) is 2. The number of aromatic hydroxyl groups is 1. The lowest BCUT2D eigenvalue weighted by Crippen LogP contribution is -2.20. The van der Waals surface area contributed by atoms with Gasteiger partial charge in [0, 0.05) is 6.42 Å². The van der Waals surface area contributed by atoms with E-state index in [1.165, 1.54) is 19.3 Å². The molecule has 1 saturated carbocycles. The second-order valence-electron chi connectivity index (χ2n) is 3.65. The van der Waals surface area contributed by atoms with Crippen LogP contribution in [0, 0.1) is 9.49 Å². The van der Waals surface area contributed by atoms with Crippen LogP contribution in [0.2, 0.25) is 0 Å². The Morgan fingerprint density at radius 2 is 2.29 bits per heavy atom. The second kappa shape index (κ2) is 3.88. The zero-order chi connectivity index (χ0) is 10.1. The quantitative estimate of drug-likeness (QED) is 0.812. The lowest BCUT2D eigenvalue weighted by Gasteiger charge is -2.24. The SMILES string of the molecule is O=c1[nH]c(CC2CCC2)nc(O)c1I. The van der Waals surface area contributed by atoms with E-state index in [1.54, 1.807) is 22.6 Å². The minimum Gasteiger partial charge on any atom is -0.492 e. The predicted molar refractivity (Wildman–Crippen MR) is 60.3 cm³/mol. The Bertz CT molecular complexity index is 398. The van der Waals surface area contributed by atoms with Crippen LogP contribution in [-0.4, -0.2) is 15.1 Å². The van der Waals surface area contributed by atoms with Gasteiger partial charge < -0.3 is 10.1 Å². The monoisotopic (exact) mass is 306 g/mol. The fourth-order valence-corrected chi connectivity index (χ4v) is 1.81. The highest BCUT2D eigenvalue weighted by atomic mass is 127. The highest BCUT2D eigenvalue weighted by molar-refractivity contribution is 14.1. The molecule has 0 aliphatic heterocycles. The van der Waals surface area contributed by atoms with Crippen molar-refractivity contribution in [2.45, 2.75) is 25.7 Å². The molecule has 0 aromatic carbocycles. The zero-order valence-electron chi connectivity index (χ0n) is 7.59. The molecule has 1 aliphatic carbocycles.